The first kappa shape index (κ1) is 27.6. The number of Topliss-reactive ketones (excluding diaryl/α,β-unsaturated/α-hetero) is 1. The summed E-state index contributed by atoms with van der Waals surface area (Å²) in [5.41, 5.74) is -0.0913. The molecule has 3 amide bonds. The zero-order valence-corrected chi connectivity index (χ0v) is 20.6. The summed E-state index contributed by atoms with van der Waals surface area (Å²) in [6.07, 6.45) is -0.553. The van der Waals surface area contributed by atoms with Crippen LogP contribution in [0.2, 0.25) is 5.11 Å². The van der Waals surface area contributed by atoms with Crippen molar-refractivity contribution in [1.29, 1.82) is 0 Å². The molecule has 3 rings (SSSR count). The summed E-state index contributed by atoms with van der Waals surface area (Å²) in [7, 11) is 6.27. The van der Waals surface area contributed by atoms with Crippen molar-refractivity contribution in [2.24, 2.45) is 11.3 Å². The quantitative estimate of drug-likeness (QED) is 0.343. The smallest absolute Gasteiger partial charge is 0.356 e. The highest BCUT2D eigenvalue weighted by Gasteiger charge is 2.55. The molecule has 8 nitrogen and oxygen atoms in total. The molecule has 2 aliphatic heterocycles. The van der Waals surface area contributed by atoms with Gasteiger partial charge in [0, 0.05) is 25.4 Å². The van der Waals surface area contributed by atoms with E-state index in [0.29, 0.717) is 38.8 Å². The zero-order chi connectivity index (χ0) is 26.0. The number of likely N-dealkylation sites (tertiary alicyclic amines) is 1. The lowest BCUT2D eigenvalue weighted by atomic mass is 9.41. The molecule has 192 valence electrons. The van der Waals surface area contributed by atoms with Gasteiger partial charge in [0.25, 0.3) is 0 Å². The molecule has 3 atom stereocenters. The third kappa shape index (κ3) is 8.01. The van der Waals surface area contributed by atoms with Gasteiger partial charge in [0.05, 0.1) is 29.6 Å². The Balaban J connectivity index is 1.67. The summed E-state index contributed by atoms with van der Waals surface area (Å²) >= 11 is 0. The van der Waals surface area contributed by atoms with E-state index in [9.17, 15) is 32.3 Å². The Hall–Kier alpha value is -1.98. The topological polar surface area (TPSA) is 105 Å². The van der Waals surface area contributed by atoms with Crippen LogP contribution in [0.15, 0.2) is 0 Å². The largest absolute Gasteiger partial charge is 0.522 e. The normalized spacial score (nSPS) is 24.3. The minimum Gasteiger partial charge on any atom is -0.356 e. The standard InChI is InChI=1S/C21H33B3F3N3O5/c22-20(23,24)4-1-2-16(32)30-11-19(5-6-19)9-14(30)18(34)29-13(8-12-3-7-28-17(12)33)15(31)10-35-21(25,26)27/h12-14H,1-11,22-24H2,(H,28,33)(H,29,34)/t12-,13-,14-/m0/s1. The molecule has 0 unspecified atom stereocenters. The molecule has 2 heterocycles. The Labute approximate surface area is 206 Å². The number of carbonyl (C=O) groups is 4. The average Bonchev–Trinajstić information content (AvgIpc) is 3.19. The number of hydrogen-bond acceptors (Lipinski definition) is 5. The fourth-order valence-electron chi connectivity index (χ4n) is 4.95. The van der Waals surface area contributed by atoms with E-state index in [0.717, 1.165) is 19.3 Å². The van der Waals surface area contributed by atoms with Gasteiger partial charge in [-0.3, -0.25) is 23.9 Å². The van der Waals surface area contributed by atoms with Crippen molar-refractivity contribution in [3.8, 4) is 0 Å². The van der Waals surface area contributed by atoms with E-state index >= 15 is 0 Å². The van der Waals surface area contributed by atoms with Gasteiger partial charge < -0.3 is 15.5 Å². The van der Waals surface area contributed by atoms with Crippen molar-refractivity contribution in [3.63, 3.8) is 0 Å². The summed E-state index contributed by atoms with van der Waals surface area (Å²) < 4.78 is 41.2. The van der Waals surface area contributed by atoms with Crippen molar-refractivity contribution in [2.45, 2.75) is 74.9 Å². The molecular weight excluding hydrogens is 464 g/mol. The minimum absolute atomic E-state index is 0.0817. The lowest BCUT2D eigenvalue weighted by Crippen LogP contribution is -2.52. The van der Waals surface area contributed by atoms with Crippen LogP contribution in [0.1, 0.15) is 51.4 Å². The Morgan fingerprint density at radius 3 is 2.46 bits per heavy atom. The number of nitrogens with one attached hydrogen (secondary N) is 2. The van der Waals surface area contributed by atoms with Gasteiger partial charge in [-0.2, -0.15) is 0 Å². The van der Waals surface area contributed by atoms with Gasteiger partial charge in [0.1, 0.15) is 12.6 Å². The van der Waals surface area contributed by atoms with Crippen LogP contribution in [0, 0.1) is 11.3 Å². The molecule has 2 saturated heterocycles. The van der Waals surface area contributed by atoms with Gasteiger partial charge in [-0.1, -0.05) is 6.42 Å². The van der Waals surface area contributed by atoms with E-state index in [1.807, 2.05) is 0 Å². The lowest BCUT2D eigenvalue weighted by Gasteiger charge is -2.27. The van der Waals surface area contributed by atoms with Crippen LogP contribution in [-0.2, 0) is 23.9 Å². The molecular formula is C21H33B3F3N3O5. The van der Waals surface area contributed by atoms with Crippen LogP contribution in [-0.4, -0.2) is 90.1 Å². The molecule has 14 heteroatoms. The first-order valence-corrected chi connectivity index (χ1v) is 12.3. The summed E-state index contributed by atoms with van der Waals surface area (Å²) in [4.78, 5) is 52.4. The van der Waals surface area contributed by atoms with Gasteiger partial charge >= 0.3 is 6.36 Å². The number of amides is 3. The maximum Gasteiger partial charge on any atom is 0.522 e. The zero-order valence-electron chi connectivity index (χ0n) is 20.6. The summed E-state index contributed by atoms with van der Waals surface area (Å²) in [6, 6.07) is -2.09. The number of rotatable bonds is 11. The Bertz CT molecular complexity index is 848. The Morgan fingerprint density at radius 1 is 1.23 bits per heavy atom. The lowest BCUT2D eigenvalue weighted by molar-refractivity contribution is -0.321. The molecule has 3 aliphatic rings. The van der Waals surface area contributed by atoms with E-state index in [4.69, 9.17) is 0 Å². The Morgan fingerprint density at radius 2 is 1.91 bits per heavy atom. The number of nitrogens with zero attached hydrogens (tertiary/aromatic N) is 1. The van der Waals surface area contributed by atoms with E-state index in [-0.39, 0.29) is 28.8 Å². The molecule has 0 aromatic rings. The van der Waals surface area contributed by atoms with E-state index in [2.05, 4.69) is 38.9 Å². The monoisotopic (exact) mass is 497 g/mol. The van der Waals surface area contributed by atoms with Gasteiger partial charge in [-0.25, -0.2) is 0 Å². The Kier molecular flexibility index (Phi) is 8.33. The predicted molar refractivity (Wildman–Crippen MR) is 129 cm³/mol. The molecule has 1 spiro atoms. The third-order valence-electron chi connectivity index (χ3n) is 7.17. The van der Waals surface area contributed by atoms with Crippen molar-refractivity contribution in [3.05, 3.63) is 0 Å². The highest BCUT2D eigenvalue weighted by molar-refractivity contribution is 6.58. The number of carbonyl (C=O) groups excluding carboxylic acids is 4. The maximum atomic E-state index is 13.3. The molecule has 1 saturated carbocycles. The van der Waals surface area contributed by atoms with Gasteiger partial charge in [0.2, 0.25) is 17.7 Å². The highest BCUT2D eigenvalue weighted by Crippen LogP contribution is 2.55. The van der Waals surface area contributed by atoms with Gasteiger partial charge in [0.15, 0.2) is 5.78 Å². The van der Waals surface area contributed by atoms with Crippen LogP contribution < -0.4 is 10.6 Å². The second-order valence-corrected chi connectivity index (χ2v) is 11.4. The first-order valence-electron chi connectivity index (χ1n) is 12.3. The van der Waals surface area contributed by atoms with E-state index in [1.54, 1.807) is 4.90 Å². The summed E-state index contributed by atoms with van der Waals surface area (Å²) in [6.45, 7) is -0.382. The summed E-state index contributed by atoms with van der Waals surface area (Å²) in [5, 5.41) is 5.27. The third-order valence-corrected chi connectivity index (χ3v) is 7.17. The number of ketones is 1. The van der Waals surface area contributed by atoms with Gasteiger partial charge in [-0.05, 0) is 43.9 Å². The highest BCUT2D eigenvalue weighted by atomic mass is 19.4. The molecule has 0 aromatic carbocycles. The summed E-state index contributed by atoms with van der Waals surface area (Å²) in [5.74, 6) is -2.55. The van der Waals surface area contributed by atoms with E-state index in [1.165, 1.54) is 0 Å². The fraction of sp³-hybridized carbons (Fsp3) is 0.810. The van der Waals surface area contributed by atoms with Crippen molar-refractivity contribution < 1.29 is 37.1 Å². The second kappa shape index (κ2) is 10.6. The number of hydrogen-bond donors (Lipinski definition) is 2. The molecule has 0 radical (unpaired) electrons. The maximum absolute atomic E-state index is 13.3. The number of ether oxygens (including phenoxy) is 1. The van der Waals surface area contributed by atoms with Crippen molar-refractivity contribution in [2.75, 3.05) is 19.7 Å². The molecule has 0 bridgehead atoms. The first-order chi connectivity index (χ1) is 16.2. The number of halogens is 3. The molecule has 35 heavy (non-hydrogen) atoms. The second-order valence-electron chi connectivity index (χ2n) is 11.4. The van der Waals surface area contributed by atoms with Crippen LogP contribution in [0.25, 0.3) is 0 Å². The van der Waals surface area contributed by atoms with Crippen LogP contribution in [0.5, 0.6) is 0 Å². The SMILES string of the molecule is BC(B)(B)CCCC(=O)N1CC2(CC2)C[C@H]1C(=O)N[C@@H](C[C@@H]1CCNC1=O)C(=O)COC(F)(F)F. The molecule has 3 fully saturated rings. The predicted octanol–water partition coefficient (Wildman–Crippen LogP) is -1.37. The van der Waals surface area contributed by atoms with Crippen molar-refractivity contribution >= 4 is 47.0 Å². The van der Waals surface area contributed by atoms with Crippen LogP contribution >= 0.6 is 0 Å². The van der Waals surface area contributed by atoms with Crippen molar-refractivity contribution in [1.82, 2.24) is 15.5 Å². The van der Waals surface area contributed by atoms with Gasteiger partial charge in [-0.15, -0.1) is 18.3 Å². The van der Waals surface area contributed by atoms with Crippen LogP contribution in [0.3, 0.4) is 0 Å². The average molecular weight is 497 g/mol. The van der Waals surface area contributed by atoms with Crippen LogP contribution in [0.4, 0.5) is 13.2 Å². The fourth-order valence-corrected chi connectivity index (χ4v) is 4.95. The van der Waals surface area contributed by atoms with E-state index < -0.39 is 42.7 Å². The minimum atomic E-state index is -4.99. The molecule has 0 aromatic heterocycles. The number of alkyl halides is 3. The molecule has 1 aliphatic carbocycles. The molecule has 2 N–H and O–H groups in total.